The van der Waals surface area contributed by atoms with E-state index in [2.05, 4.69) is 36.4 Å². The molecule has 0 aliphatic carbocycles. The lowest BCUT2D eigenvalue weighted by Crippen LogP contribution is -2.03. The normalized spacial score (nSPS) is 11.1. The first kappa shape index (κ1) is 14.8. The van der Waals surface area contributed by atoms with E-state index in [1.807, 2.05) is 0 Å². The Kier molecular flexibility index (Phi) is 3.49. The number of anilines is 2. The van der Waals surface area contributed by atoms with E-state index in [1.165, 1.54) is 22.7 Å². The number of pyridine rings is 1. The summed E-state index contributed by atoms with van der Waals surface area (Å²) >= 11 is 3.18. The van der Waals surface area contributed by atoms with Crippen LogP contribution in [0.25, 0.3) is 17.1 Å². The molecular formula is C15H8BrF2N5O. The van der Waals surface area contributed by atoms with Gasteiger partial charge in [-0.3, -0.25) is 0 Å². The summed E-state index contributed by atoms with van der Waals surface area (Å²) in [6, 6.07) is 4.41. The molecule has 3 aromatic heterocycles. The Hall–Kier alpha value is -2.81. The van der Waals surface area contributed by atoms with Crippen molar-refractivity contribution in [1.29, 1.82) is 0 Å². The summed E-state index contributed by atoms with van der Waals surface area (Å²) in [5.41, 5.74) is 0.490. The highest BCUT2D eigenvalue weighted by Gasteiger charge is 2.20. The molecule has 0 atom stereocenters. The van der Waals surface area contributed by atoms with Crippen LogP contribution in [-0.2, 0) is 0 Å². The Bertz CT molecular complexity index is 1030. The van der Waals surface area contributed by atoms with Crippen molar-refractivity contribution < 1.29 is 13.2 Å². The molecule has 4 aromatic rings. The third kappa shape index (κ3) is 2.42. The van der Waals surface area contributed by atoms with Crippen LogP contribution in [0.1, 0.15) is 0 Å². The van der Waals surface area contributed by atoms with Gasteiger partial charge in [0.2, 0.25) is 6.39 Å². The van der Waals surface area contributed by atoms with Crippen LogP contribution in [-0.4, -0.2) is 19.6 Å². The molecule has 0 amide bonds. The molecule has 0 unspecified atom stereocenters. The number of halogens is 3. The SMILES string of the molecule is Fc1cc(Br)ccc1Nc1c(-c2nnco2)cn2ccnc2c1F. The van der Waals surface area contributed by atoms with Crippen LogP contribution in [0.2, 0.25) is 0 Å². The summed E-state index contributed by atoms with van der Waals surface area (Å²) in [7, 11) is 0. The monoisotopic (exact) mass is 391 g/mol. The predicted octanol–water partition coefficient (Wildman–Crippen LogP) is 4.17. The van der Waals surface area contributed by atoms with Gasteiger partial charge in [-0.15, -0.1) is 10.2 Å². The second-order valence-electron chi connectivity index (χ2n) is 4.88. The van der Waals surface area contributed by atoms with Crippen LogP contribution in [0.15, 0.2) is 52.1 Å². The third-order valence-electron chi connectivity index (χ3n) is 3.40. The fraction of sp³-hybridized carbons (Fsp3) is 0. The number of benzene rings is 1. The second kappa shape index (κ2) is 5.68. The van der Waals surface area contributed by atoms with E-state index >= 15 is 0 Å². The van der Waals surface area contributed by atoms with E-state index in [-0.39, 0.29) is 28.5 Å². The zero-order valence-corrected chi connectivity index (χ0v) is 13.5. The minimum absolute atomic E-state index is 0.000766. The van der Waals surface area contributed by atoms with E-state index in [0.29, 0.717) is 4.47 Å². The molecule has 0 bridgehead atoms. The summed E-state index contributed by atoms with van der Waals surface area (Å²) in [5.74, 6) is -1.09. The van der Waals surface area contributed by atoms with Crippen LogP contribution in [0.3, 0.4) is 0 Å². The molecule has 0 fully saturated rings. The molecule has 0 radical (unpaired) electrons. The lowest BCUT2D eigenvalue weighted by molar-refractivity contribution is 0.567. The number of nitrogens with one attached hydrogen (secondary N) is 1. The number of fused-ring (bicyclic) bond motifs is 1. The van der Waals surface area contributed by atoms with Crippen LogP contribution in [0.4, 0.5) is 20.2 Å². The smallest absolute Gasteiger partial charge is 0.251 e. The average Bonchev–Trinajstić information content (AvgIpc) is 3.23. The molecule has 6 nitrogen and oxygen atoms in total. The van der Waals surface area contributed by atoms with Crippen LogP contribution in [0.5, 0.6) is 0 Å². The van der Waals surface area contributed by atoms with Crippen molar-refractivity contribution >= 4 is 33.0 Å². The topological polar surface area (TPSA) is 68.2 Å². The van der Waals surface area contributed by atoms with Crippen molar-refractivity contribution in [3.8, 4) is 11.5 Å². The maximum atomic E-state index is 14.9. The van der Waals surface area contributed by atoms with Crippen molar-refractivity contribution in [2.45, 2.75) is 0 Å². The zero-order chi connectivity index (χ0) is 16.7. The molecule has 0 spiro atoms. The Morgan fingerprint density at radius 3 is 2.88 bits per heavy atom. The minimum atomic E-state index is -0.655. The van der Waals surface area contributed by atoms with Crippen molar-refractivity contribution in [2.75, 3.05) is 5.32 Å². The number of rotatable bonds is 3. The molecule has 1 N–H and O–H groups in total. The molecule has 9 heteroatoms. The summed E-state index contributed by atoms with van der Waals surface area (Å²) in [6.45, 7) is 0. The third-order valence-corrected chi connectivity index (χ3v) is 3.90. The largest absolute Gasteiger partial charge is 0.423 e. The quantitative estimate of drug-likeness (QED) is 0.567. The highest BCUT2D eigenvalue weighted by molar-refractivity contribution is 9.10. The summed E-state index contributed by atoms with van der Waals surface area (Å²) in [4.78, 5) is 3.96. The van der Waals surface area contributed by atoms with Gasteiger partial charge in [-0.25, -0.2) is 13.8 Å². The second-order valence-corrected chi connectivity index (χ2v) is 5.80. The first-order chi connectivity index (χ1) is 11.6. The summed E-state index contributed by atoms with van der Waals surface area (Å²) < 4.78 is 36.2. The van der Waals surface area contributed by atoms with E-state index in [0.717, 1.165) is 6.39 Å². The minimum Gasteiger partial charge on any atom is -0.423 e. The van der Waals surface area contributed by atoms with Crippen LogP contribution in [0, 0.1) is 11.6 Å². The van der Waals surface area contributed by atoms with Gasteiger partial charge in [0.25, 0.3) is 5.89 Å². The Balaban J connectivity index is 1.92. The van der Waals surface area contributed by atoms with E-state index in [1.54, 1.807) is 18.5 Å². The lowest BCUT2D eigenvalue weighted by atomic mass is 10.2. The van der Waals surface area contributed by atoms with E-state index in [4.69, 9.17) is 4.42 Å². The van der Waals surface area contributed by atoms with E-state index in [9.17, 15) is 8.78 Å². The van der Waals surface area contributed by atoms with Gasteiger partial charge in [0.15, 0.2) is 11.5 Å². The molecular weight excluding hydrogens is 384 g/mol. The fourth-order valence-corrected chi connectivity index (χ4v) is 2.65. The standard InChI is InChI=1S/C15H8BrF2N5O/c16-8-1-2-11(10(17)5-8)21-13-9(15-22-20-7-24-15)6-23-4-3-19-14(23)12(13)18/h1-7,21H. The Morgan fingerprint density at radius 2 is 2.12 bits per heavy atom. The van der Waals surface area contributed by atoms with Gasteiger partial charge in [-0.05, 0) is 18.2 Å². The number of nitrogens with zero attached hydrogens (tertiary/aromatic N) is 4. The number of aromatic nitrogens is 4. The van der Waals surface area contributed by atoms with Crippen LogP contribution >= 0.6 is 15.9 Å². The molecule has 0 saturated heterocycles. The maximum absolute atomic E-state index is 14.9. The Morgan fingerprint density at radius 1 is 1.25 bits per heavy atom. The lowest BCUT2D eigenvalue weighted by Gasteiger charge is -2.13. The van der Waals surface area contributed by atoms with Crippen molar-refractivity contribution in [3.05, 3.63) is 59.3 Å². The molecule has 120 valence electrons. The first-order valence-corrected chi connectivity index (χ1v) is 7.56. The molecule has 0 aliphatic rings. The van der Waals surface area contributed by atoms with Gasteiger partial charge in [0.05, 0.1) is 16.9 Å². The van der Waals surface area contributed by atoms with Gasteiger partial charge in [0.1, 0.15) is 5.82 Å². The Labute approximate surface area is 142 Å². The van der Waals surface area contributed by atoms with Gasteiger partial charge >= 0.3 is 0 Å². The average molecular weight is 392 g/mol. The molecule has 1 aromatic carbocycles. The summed E-state index contributed by atoms with van der Waals surface area (Å²) in [6.07, 6.45) is 5.76. The number of hydrogen-bond acceptors (Lipinski definition) is 5. The molecule has 0 aliphatic heterocycles. The number of hydrogen-bond donors (Lipinski definition) is 1. The van der Waals surface area contributed by atoms with Crippen molar-refractivity contribution in [3.63, 3.8) is 0 Å². The van der Waals surface area contributed by atoms with E-state index < -0.39 is 11.6 Å². The summed E-state index contributed by atoms with van der Waals surface area (Å²) in [5, 5.41) is 10.2. The zero-order valence-electron chi connectivity index (χ0n) is 11.9. The highest BCUT2D eigenvalue weighted by Crippen LogP contribution is 2.34. The van der Waals surface area contributed by atoms with Gasteiger partial charge in [-0.1, -0.05) is 15.9 Å². The van der Waals surface area contributed by atoms with Crippen LogP contribution < -0.4 is 5.32 Å². The maximum Gasteiger partial charge on any atom is 0.251 e. The highest BCUT2D eigenvalue weighted by atomic mass is 79.9. The molecule has 24 heavy (non-hydrogen) atoms. The predicted molar refractivity (Wildman–Crippen MR) is 85.8 cm³/mol. The molecule has 0 saturated carbocycles. The molecule has 3 heterocycles. The van der Waals surface area contributed by atoms with Gasteiger partial charge < -0.3 is 14.1 Å². The first-order valence-electron chi connectivity index (χ1n) is 6.77. The van der Waals surface area contributed by atoms with Gasteiger partial charge in [0, 0.05) is 23.1 Å². The van der Waals surface area contributed by atoms with Gasteiger partial charge in [-0.2, -0.15) is 0 Å². The van der Waals surface area contributed by atoms with Crippen molar-refractivity contribution in [1.82, 2.24) is 19.6 Å². The fourth-order valence-electron chi connectivity index (χ4n) is 2.32. The van der Waals surface area contributed by atoms with Crippen molar-refractivity contribution in [2.24, 2.45) is 0 Å². The number of imidazole rings is 1. The molecule has 4 rings (SSSR count).